The molecule has 16 heteroatoms. The Balaban J connectivity index is 0.000000129. The van der Waals surface area contributed by atoms with Crippen LogP contribution in [0.3, 0.4) is 0 Å². The molecular formula is C124H140B4N12+4. The van der Waals surface area contributed by atoms with Crippen LogP contribution in [0.25, 0.3) is 22.3 Å². The summed E-state index contributed by atoms with van der Waals surface area (Å²) in [7, 11) is 13.2. The van der Waals surface area contributed by atoms with Crippen LogP contribution in [0, 0.1) is 96.9 Å². The van der Waals surface area contributed by atoms with Crippen molar-refractivity contribution in [2.45, 2.75) is 176 Å². The molecule has 0 bridgehead atoms. The molecule has 20 rings (SSSR count). The van der Waals surface area contributed by atoms with Crippen molar-refractivity contribution in [3.05, 3.63) is 416 Å². The van der Waals surface area contributed by atoms with E-state index in [9.17, 15) is 0 Å². The highest BCUT2D eigenvalue weighted by Crippen LogP contribution is 2.52. The fraction of sp³-hybridized carbons (Fsp3) is 0.258. The van der Waals surface area contributed by atoms with E-state index in [1.165, 1.54) is 224 Å². The summed E-state index contributed by atoms with van der Waals surface area (Å²) in [5.74, 6) is 6.54. The molecule has 12 nitrogen and oxygen atoms in total. The van der Waals surface area contributed by atoms with Crippen LogP contribution in [0.1, 0.15) is 179 Å². The first-order valence-electron chi connectivity index (χ1n) is 50.3. The zero-order valence-corrected chi connectivity index (χ0v) is 88.0. The van der Waals surface area contributed by atoms with Gasteiger partial charge in [-0.25, -0.2) is 18.3 Å². The quantitative estimate of drug-likeness (QED) is 0.0700. The van der Waals surface area contributed by atoms with Gasteiger partial charge in [-0.3, -0.25) is 19.2 Å². The van der Waals surface area contributed by atoms with E-state index >= 15 is 0 Å². The summed E-state index contributed by atoms with van der Waals surface area (Å²) in [6, 6.07) is 107. The molecule has 8 heterocycles. The van der Waals surface area contributed by atoms with Gasteiger partial charge in [-0.15, -0.1) is 0 Å². The van der Waals surface area contributed by atoms with Crippen LogP contribution < -0.4 is 78.6 Å². The highest BCUT2D eigenvalue weighted by atomic mass is 15.4. The Morgan fingerprint density at radius 3 is 0.750 bits per heavy atom. The largest absolute Gasteiger partial charge is 0.543 e. The molecule has 16 aromatic rings. The summed E-state index contributed by atoms with van der Waals surface area (Å²) in [6.45, 7) is 49.6. The van der Waals surface area contributed by atoms with Crippen molar-refractivity contribution in [2.75, 3.05) is 52.6 Å². The maximum absolute atomic E-state index is 2.59. The number of aryl methyl sites for hydroxylation is 18. The Hall–Kier alpha value is -14.1. The first-order valence-corrected chi connectivity index (χ1v) is 50.3. The van der Waals surface area contributed by atoms with Gasteiger partial charge in [-0.2, -0.15) is 0 Å². The van der Waals surface area contributed by atoms with Crippen LogP contribution in [0.2, 0.25) is 0 Å². The minimum absolute atomic E-state index is 0.0113. The smallest absolute Gasteiger partial charge is 0.369 e. The molecule has 0 aliphatic carbocycles. The van der Waals surface area contributed by atoms with E-state index in [1.54, 1.807) is 0 Å². The van der Waals surface area contributed by atoms with Crippen molar-refractivity contribution < 1.29 is 18.3 Å². The zero-order chi connectivity index (χ0) is 99.4. The summed E-state index contributed by atoms with van der Waals surface area (Å²) < 4.78 is 9.14. The van der Waals surface area contributed by atoms with Crippen molar-refractivity contribution >= 4 is 130 Å². The average molecular weight is 1840 g/mol. The number of aromatic nitrogens is 4. The Morgan fingerprint density at radius 2 is 0.443 bits per heavy atom. The Morgan fingerprint density at radius 1 is 0.207 bits per heavy atom. The van der Waals surface area contributed by atoms with E-state index in [1.807, 2.05) is 0 Å². The lowest BCUT2D eigenvalue weighted by Crippen LogP contribution is -2.58. The summed E-state index contributed by atoms with van der Waals surface area (Å²) >= 11 is 0. The third kappa shape index (κ3) is 18.1. The number of para-hydroxylation sites is 6. The fourth-order valence-electron chi connectivity index (χ4n) is 22.3. The molecule has 4 aliphatic heterocycles. The first kappa shape index (κ1) is 97.5. The molecule has 0 spiro atoms. The third-order valence-electron chi connectivity index (χ3n) is 29.9. The maximum Gasteiger partial charge on any atom is 0.543 e. The average Bonchev–Trinajstić information content (AvgIpc) is 1.57. The molecule has 0 saturated heterocycles. The summed E-state index contributed by atoms with van der Waals surface area (Å²) in [6.07, 6.45) is 9.02. The SMILES string of the molecule is Cc1cc(N2B(c3c(-c4ccccc4)cccc3-c3ccccc3)N(C)c3cccc(C)c32)[n+](C)cc1C.Cc1cc(N2B(c3c(C(C)C)cccc3C(C)C)N(C)c3cccc(C)c32)[n+](C)cc1C.Cc1cc(N2B(c3c(C(C)C)cccc3C(C)C)N(c3ccccc3)c3cccc(C)c32)[n+](C)cc1C.Cc1cc(N2B(c3c(C)cccc3C)N(c3ccccc3)c3cccc(C)c32)[n+](C)cc1C. The van der Waals surface area contributed by atoms with E-state index < -0.39 is 0 Å². The second-order valence-electron chi connectivity index (χ2n) is 40.9. The van der Waals surface area contributed by atoms with Gasteiger partial charge in [-0.1, -0.05) is 274 Å². The molecule has 140 heavy (non-hydrogen) atoms. The Labute approximate surface area is 837 Å². The standard InChI is InChI=1S/C34H33BN3.C33H39BN3.C29H31BN3.C28H37BN3/c1-24-14-12-21-31-34(24)38(32-22-25(2)26(3)23-36(32)4)35(37(31)5)33-29(27-15-8-6-9-16-27)19-13-20-30(33)28-17-10-7-11-18-28;1-22(2)28-17-13-18-29(23(3)4)32(28)34-36(27-15-10-9-11-16-27)30-19-12-14-24(5)33(30)37(34)31-20-25(6)26(7)21-35(31)8;1-20-12-10-13-21(2)28(20)30-32(25-15-8-7-9-16-25)26-17-11-14-22(3)29(26)33(30)27-18-23(4)24(5)19-31(27)6;1-18(2)23-13-11-14-24(19(3)4)27(23)29-31(9)25-15-10-12-20(5)28(25)32(29)26-16-21(6)22(7)17-30(26)8/h6-23H,1-5H3;9-23H,1-8H3;7-19H,1-6H3;10-19H,1-9H3/q4*+1. The lowest BCUT2D eigenvalue weighted by atomic mass is 9.58. The summed E-state index contributed by atoms with van der Waals surface area (Å²) in [5, 5.41) is 0. The molecular weight excluding hydrogens is 1700 g/mol. The Bertz CT molecular complexity index is 7170. The van der Waals surface area contributed by atoms with Crippen LogP contribution in [-0.4, -0.2) is 42.0 Å². The van der Waals surface area contributed by atoms with Crippen LogP contribution in [-0.2, 0) is 28.2 Å². The van der Waals surface area contributed by atoms with E-state index in [0.29, 0.717) is 23.7 Å². The van der Waals surface area contributed by atoms with Crippen molar-refractivity contribution in [1.82, 2.24) is 0 Å². The number of nitrogens with zero attached hydrogens (tertiary/aromatic N) is 12. The number of benzene rings is 12. The van der Waals surface area contributed by atoms with E-state index in [-0.39, 0.29) is 27.9 Å². The Kier molecular flexibility index (Phi) is 28.1. The maximum atomic E-state index is 2.59. The molecule has 4 aliphatic rings. The van der Waals surface area contributed by atoms with Gasteiger partial charge < -0.3 is 19.2 Å². The molecule has 0 amide bonds. The van der Waals surface area contributed by atoms with Gasteiger partial charge in [0, 0.05) is 57.5 Å². The molecule has 0 unspecified atom stereocenters. The molecule has 704 valence electrons. The highest BCUT2D eigenvalue weighted by Gasteiger charge is 2.58. The van der Waals surface area contributed by atoms with Crippen molar-refractivity contribution in [3.8, 4) is 22.3 Å². The zero-order valence-electron chi connectivity index (χ0n) is 88.0. The van der Waals surface area contributed by atoms with Crippen molar-refractivity contribution in [1.29, 1.82) is 0 Å². The predicted molar refractivity (Wildman–Crippen MR) is 600 cm³/mol. The molecule has 0 fully saturated rings. The molecule has 0 N–H and O–H groups in total. The van der Waals surface area contributed by atoms with Crippen LogP contribution in [0.4, 0.5) is 80.1 Å². The number of hydrogen-bond acceptors (Lipinski definition) is 8. The van der Waals surface area contributed by atoms with Gasteiger partial charge in [-0.05, 0) is 306 Å². The normalized spacial score (nSPS) is 13.1. The van der Waals surface area contributed by atoms with Gasteiger partial charge in [0.25, 0.3) is 23.3 Å². The van der Waals surface area contributed by atoms with Gasteiger partial charge in [0.15, 0.2) is 0 Å². The fourth-order valence-corrected chi connectivity index (χ4v) is 22.3. The summed E-state index contributed by atoms with van der Waals surface area (Å²) in [4.78, 5) is 20.2. The minimum atomic E-state index is -0.0361. The summed E-state index contributed by atoms with van der Waals surface area (Å²) in [5.41, 5.74) is 47.0. The number of pyridine rings is 4. The lowest BCUT2D eigenvalue weighted by molar-refractivity contribution is -0.658. The monoisotopic (exact) mass is 1840 g/mol. The third-order valence-corrected chi connectivity index (χ3v) is 29.9. The first-order chi connectivity index (χ1) is 67.2. The highest BCUT2D eigenvalue weighted by molar-refractivity contribution is 6.87. The van der Waals surface area contributed by atoms with Gasteiger partial charge in [0.2, 0.25) is 0 Å². The number of rotatable bonds is 16. The lowest BCUT2D eigenvalue weighted by Gasteiger charge is -2.30. The van der Waals surface area contributed by atoms with E-state index in [2.05, 4.69) is 567 Å². The van der Waals surface area contributed by atoms with Crippen molar-refractivity contribution in [2.24, 2.45) is 28.2 Å². The minimum Gasteiger partial charge on any atom is -0.369 e. The molecule has 0 radical (unpaired) electrons. The van der Waals surface area contributed by atoms with Crippen LogP contribution in [0.15, 0.2) is 316 Å². The van der Waals surface area contributed by atoms with E-state index in [0.717, 1.165) is 0 Å². The van der Waals surface area contributed by atoms with E-state index in [4.69, 9.17) is 0 Å². The second-order valence-corrected chi connectivity index (χ2v) is 40.9. The number of hydrogen-bond donors (Lipinski definition) is 0. The topological polar surface area (TPSA) is 41.4 Å². The molecule has 0 atom stereocenters. The molecule has 0 saturated carbocycles. The molecule has 4 aromatic heterocycles. The van der Waals surface area contributed by atoms with Crippen LogP contribution in [0.5, 0.6) is 0 Å². The predicted octanol–water partition coefficient (Wildman–Crippen LogP) is 25.5. The number of anilines is 14. The van der Waals surface area contributed by atoms with Gasteiger partial charge >= 0.3 is 27.9 Å². The second kappa shape index (κ2) is 40.4. The van der Waals surface area contributed by atoms with Gasteiger partial charge in [0.1, 0.15) is 22.7 Å². The van der Waals surface area contributed by atoms with Crippen LogP contribution >= 0.6 is 0 Å². The van der Waals surface area contributed by atoms with Crippen molar-refractivity contribution in [3.63, 3.8) is 0 Å². The number of fused-ring (bicyclic) bond motifs is 4. The molecule has 12 aromatic carbocycles. The van der Waals surface area contributed by atoms with Gasteiger partial charge in [0.05, 0.1) is 75.7 Å².